The van der Waals surface area contributed by atoms with Crippen LogP contribution in [-0.4, -0.2) is 72.3 Å². The SMILES string of the molecule is COCCOc1cc2[nH]nc(-c3cc(-c4ccc(C(=O)N5CCO[C@@H](C)C5)cc4)no3)c2cc1F. The molecule has 9 nitrogen and oxygen atoms in total. The molecule has 0 spiro atoms. The van der Waals surface area contributed by atoms with Crippen molar-refractivity contribution in [2.75, 3.05) is 40.0 Å². The lowest BCUT2D eigenvalue weighted by Crippen LogP contribution is -2.44. The number of hydrogen-bond donors (Lipinski definition) is 1. The monoisotopic (exact) mass is 480 g/mol. The van der Waals surface area contributed by atoms with Crippen molar-refractivity contribution >= 4 is 16.8 Å². The van der Waals surface area contributed by atoms with E-state index in [-0.39, 0.29) is 24.4 Å². The number of nitrogens with zero attached hydrogens (tertiary/aromatic N) is 3. The van der Waals surface area contributed by atoms with Gasteiger partial charge in [-0.15, -0.1) is 0 Å². The normalized spacial score (nSPS) is 16.1. The molecule has 0 radical (unpaired) electrons. The number of halogens is 1. The van der Waals surface area contributed by atoms with Gasteiger partial charge in [0.25, 0.3) is 5.91 Å². The van der Waals surface area contributed by atoms with Crippen molar-refractivity contribution in [2.24, 2.45) is 0 Å². The molecule has 4 aromatic rings. The molecule has 3 heterocycles. The third-order valence-corrected chi connectivity index (χ3v) is 5.86. The van der Waals surface area contributed by atoms with Crippen LogP contribution in [0.2, 0.25) is 0 Å². The van der Waals surface area contributed by atoms with Crippen molar-refractivity contribution in [1.29, 1.82) is 0 Å². The average Bonchev–Trinajstić information content (AvgIpc) is 3.51. The van der Waals surface area contributed by atoms with Gasteiger partial charge >= 0.3 is 0 Å². The summed E-state index contributed by atoms with van der Waals surface area (Å²) in [7, 11) is 1.55. The summed E-state index contributed by atoms with van der Waals surface area (Å²) in [5.41, 5.74) is 3.01. The summed E-state index contributed by atoms with van der Waals surface area (Å²) in [6, 6.07) is 11.8. The molecule has 1 saturated heterocycles. The zero-order valence-electron chi connectivity index (χ0n) is 19.4. The van der Waals surface area contributed by atoms with E-state index in [1.807, 2.05) is 19.1 Å². The fourth-order valence-corrected chi connectivity index (χ4v) is 4.04. The van der Waals surface area contributed by atoms with E-state index >= 15 is 0 Å². The van der Waals surface area contributed by atoms with Crippen molar-refractivity contribution < 1.29 is 27.9 Å². The minimum Gasteiger partial charge on any atom is -0.488 e. The molecule has 1 aliphatic rings. The number of ether oxygens (including phenoxy) is 3. The standard InChI is InChI=1S/C25H25FN4O5/c1-15-14-30(7-8-33-15)25(31)17-5-3-16(4-6-17)20-12-23(35-29-20)24-18-11-19(26)22(34-10-9-32-2)13-21(18)27-28-24/h3-6,11-13,15H,7-10,14H2,1-2H3,(H,27,28)/t15-/m0/s1. The Bertz CT molecular complexity index is 1330. The summed E-state index contributed by atoms with van der Waals surface area (Å²) in [6.07, 6.45) is 0.0295. The molecule has 1 atom stereocenters. The first kappa shape index (κ1) is 23.0. The van der Waals surface area contributed by atoms with Crippen LogP contribution in [0.3, 0.4) is 0 Å². The van der Waals surface area contributed by atoms with Crippen LogP contribution >= 0.6 is 0 Å². The van der Waals surface area contributed by atoms with Crippen LogP contribution in [0.5, 0.6) is 5.75 Å². The number of amides is 1. The number of nitrogens with one attached hydrogen (secondary N) is 1. The van der Waals surface area contributed by atoms with Gasteiger partial charge in [0.05, 0.1) is 24.8 Å². The van der Waals surface area contributed by atoms with Crippen molar-refractivity contribution in [2.45, 2.75) is 13.0 Å². The highest BCUT2D eigenvalue weighted by Gasteiger charge is 2.23. The molecule has 35 heavy (non-hydrogen) atoms. The molecule has 1 amide bonds. The first-order chi connectivity index (χ1) is 17.0. The highest BCUT2D eigenvalue weighted by molar-refractivity contribution is 5.95. The molecule has 10 heteroatoms. The maximum absolute atomic E-state index is 14.6. The molecule has 0 aliphatic carbocycles. The molecule has 1 N–H and O–H groups in total. The maximum atomic E-state index is 14.6. The van der Waals surface area contributed by atoms with Gasteiger partial charge < -0.3 is 23.6 Å². The van der Waals surface area contributed by atoms with E-state index in [1.165, 1.54) is 6.07 Å². The van der Waals surface area contributed by atoms with Crippen LogP contribution in [0.15, 0.2) is 47.0 Å². The first-order valence-electron chi connectivity index (χ1n) is 11.3. The zero-order chi connectivity index (χ0) is 24.4. The molecule has 2 aromatic carbocycles. The number of aromatic nitrogens is 3. The third kappa shape index (κ3) is 4.75. The molecule has 1 aliphatic heterocycles. The number of fused-ring (bicyclic) bond motifs is 1. The van der Waals surface area contributed by atoms with Gasteiger partial charge in [0.15, 0.2) is 17.3 Å². The van der Waals surface area contributed by atoms with Gasteiger partial charge in [0, 0.05) is 48.8 Å². The number of H-pyrrole nitrogens is 1. The number of methoxy groups -OCH3 is 1. The Morgan fingerprint density at radius 2 is 2.06 bits per heavy atom. The van der Waals surface area contributed by atoms with E-state index in [1.54, 1.807) is 36.3 Å². The number of hydrogen-bond acceptors (Lipinski definition) is 7. The van der Waals surface area contributed by atoms with Crippen molar-refractivity contribution in [1.82, 2.24) is 20.3 Å². The molecule has 1 fully saturated rings. The predicted molar refractivity (Wildman–Crippen MR) is 126 cm³/mol. The number of carbonyl (C=O) groups is 1. The molecule has 2 aromatic heterocycles. The quantitative estimate of drug-likeness (QED) is 0.400. The Balaban J connectivity index is 1.34. The van der Waals surface area contributed by atoms with E-state index in [4.69, 9.17) is 18.7 Å². The van der Waals surface area contributed by atoms with Crippen LogP contribution in [0, 0.1) is 5.82 Å². The molecule has 0 saturated carbocycles. The Hall–Kier alpha value is -3.76. The van der Waals surface area contributed by atoms with Gasteiger partial charge in [-0.3, -0.25) is 9.89 Å². The van der Waals surface area contributed by atoms with Crippen LogP contribution in [0.4, 0.5) is 4.39 Å². The van der Waals surface area contributed by atoms with E-state index in [0.29, 0.717) is 59.9 Å². The topological polar surface area (TPSA) is 103 Å². The molecule has 5 rings (SSSR count). The van der Waals surface area contributed by atoms with E-state index < -0.39 is 5.82 Å². The van der Waals surface area contributed by atoms with Crippen molar-refractivity contribution in [3.05, 3.63) is 53.8 Å². The minimum absolute atomic E-state index is 0.0249. The number of rotatable bonds is 7. The molecule has 0 bridgehead atoms. The lowest BCUT2D eigenvalue weighted by atomic mass is 10.1. The van der Waals surface area contributed by atoms with Gasteiger partial charge in [-0.05, 0) is 25.1 Å². The van der Waals surface area contributed by atoms with Gasteiger partial charge in [0.2, 0.25) is 0 Å². The smallest absolute Gasteiger partial charge is 0.254 e. The second kappa shape index (κ2) is 9.85. The summed E-state index contributed by atoms with van der Waals surface area (Å²) in [4.78, 5) is 14.6. The van der Waals surface area contributed by atoms with Gasteiger partial charge in [0.1, 0.15) is 18.0 Å². The predicted octanol–water partition coefficient (Wildman–Crippen LogP) is 3.91. The van der Waals surface area contributed by atoms with E-state index in [9.17, 15) is 9.18 Å². The second-order valence-electron chi connectivity index (χ2n) is 8.33. The second-order valence-corrected chi connectivity index (χ2v) is 8.33. The van der Waals surface area contributed by atoms with Gasteiger partial charge in [-0.25, -0.2) is 4.39 Å². The average molecular weight is 480 g/mol. The summed E-state index contributed by atoms with van der Waals surface area (Å²) in [6.45, 7) is 4.25. The number of aromatic amines is 1. The lowest BCUT2D eigenvalue weighted by Gasteiger charge is -2.31. The number of morpholine rings is 1. The summed E-state index contributed by atoms with van der Waals surface area (Å²) < 4.78 is 35.9. The highest BCUT2D eigenvalue weighted by atomic mass is 19.1. The molecular formula is C25H25FN4O5. The Morgan fingerprint density at radius 1 is 1.23 bits per heavy atom. The number of benzene rings is 2. The number of carbonyl (C=O) groups excluding carboxylic acids is 1. The Morgan fingerprint density at radius 3 is 2.83 bits per heavy atom. The zero-order valence-corrected chi connectivity index (χ0v) is 19.4. The lowest BCUT2D eigenvalue weighted by molar-refractivity contribution is -0.0124. The first-order valence-corrected chi connectivity index (χ1v) is 11.3. The highest BCUT2D eigenvalue weighted by Crippen LogP contribution is 2.33. The van der Waals surface area contributed by atoms with E-state index in [2.05, 4.69) is 15.4 Å². The summed E-state index contributed by atoms with van der Waals surface area (Å²) >= 11 is 0. The minimum atomic E-state index is -0.508. The van der Waals surface area contributed by atoms with Crippen LogP contribution < -0.4 is 4.74 Å². The Kier molecular flexibility index (Phi) is 6.47. The fourth-order valence-electron chi connectivity index (χ4n) is 4.04. The fraction of sp³-hybridized carbons (Fsp3) is 0.320. The molecule has 0 unspecified atom stereocenters. The van der Waals surface area contributed by atoms with Crippen molar-refractivity contribution in [3.63, 3.8) is 0 Å². The van der Waals surface area contributed by atoms with Gasteiger partial charge in [-0.2, -0.15) is 5.10 Å². The van der Waals surface area contributed by atoms with Gasteiger partial charge in [-0.1, -0.05) is 17.3 Å². The Labute approximate surface area is 200 Å². The largest absolute Gasteiger partial charge is 0.488 e. The van der Waals surface area contributed by atoms with Crippen molar-refractivity contribution in [3.8, 4) is 28.5 Å². The van der Waals surface area contributed by atoms with Crippen LogP contribution in [-0.2, 0) is 9.47 Å². The third-order valence-electron chi connectivity index (χ3n) is 5.86. The molecular weight excluding hydrogens is 455 g/mol. The van der Waals surface area contributed by atoms with Crippen LogP contribution in [0.1, 0.15) is 17.3 Å². The molecule has 182 valence electrons. The summed E-state index contributed by atoms with van der Waals surface area (Å²) in [5, 5.41) is 11.8. The van der Waals surface area contributed by atoms with E-state index in [0.717, 1.165) is 5.56 Å². The maximum Gasteiger partial charge on any atom is 0.254 e. The summed E-state index contributed by atoms with van der Waals surface area (Å²) in [5.74, 6) is -0.0284. The van der Waals surface area contributed by atoms with Crippen LogP contribution in [0.25, 0.3) is 33.6 Å².